The lowest BCUT2D eigenvalue weighted by molar-refractivity contribution is -0.134. The van der Waals surface area contributed by atoms with E-state index in [1.807, 2.05) is 13.8 Å². The van der Waals surface area contributed by atoms with Gasteiger partial charge in [-0.3, -0.25) is 9.69 Å². The number of likely N-dealkylation sites (tertiary alicyclic amines) is 1. The molecule has 1 atom stereocenters. The van der Waals surface area contributed by atoms with Crippen LogP contribution in [-0.4, -0.2) is 61.6 Å². The Labute approximate surface area is 117 Å². The van der Waals surface area contributed by atoms with Crippen molar-refractivity contribution in [2.75, 3.05) is 45.9 Å². The number of hydrogen-bond acceptors (Lipinski definition) is 3. The van der Waals surface area contributed by atoms with Crippen LogP contribution in [0.3, 0.4) is 0 Å². The molecule has 0 aliphatic carbocycles. The van der Waals surface area contributed by atoms with E-state index in [0.29, 0.717) is 5.91 Å². The number of ether oxygens (including phenoxy) is 1. The number of rotatable bonds is 3. The third kappa shape index (κ3) is 4.46. The van der Waals surface area contributed by atoms with Crippen molar-refractivity contribution < 1.29 is 9.53 Å². The molecule has 0 saturated carbocycles. The van der Waals surface area contributed by atoms with Gasteiger partial charge < -0.3 is 9.64 Å². The molecule has 0 N–H and O–H groups in total. The van der Waals surface area contributed by atoms with E-state index in [-0.39, 0.29) is 5.92 Å². The SMILES string of the molecule is CC(C)C(=O)N1CCCC(CN2CCOCC2)CC1. The van der Waals surface area contributed by atoms with Crippen LogP contribution in [0.2, 0.25) is 0 Å². The number of carbonyl (C=O) groups excluding carboxylic acids is 1. The van der Waals surface area contributed by atoms with Gasteiger partial charge in [0, 0.05) is 38.6 Å². The van der Waals surface area contributed by atoms with Gasteiger partial charge in [-0.25, -0.2) is 0 Å². The van der Waals surface area contributed by atoms with E-state index in [0.717, 1.165) is 58.2 Å². The summed E-state index contributed by atoms with van der Waals surface area (Å²) in [6.07, 6.45) is 3.59. The maximum absolute atomic E-state index is 12.0. The highest BCUT2D eigenvalue weighted by atomic mass is 16.5. The largest absolute Gasteiger partial charge is 0.379 e. The van der Waals surface area contributed by atoms with Crippen molar-refractivity contribution >= 4 is 5.91 Å². The zero-order valence-corrected chi connectivity index (χ0v) is 12.4. The predicted octanol–water partition coefficient (Wildman–Crippen LogP) is 1.60. The zero-order valence-electron chi connectivity index (χ0n) is 12.4. The van der Waals surface area contributed by atoms with Gasteiger partial charge in [0.1, 0.15) is 0 Å². The Kier molecular flexibility index (Phi) is 5.64. The van der Waals surface area contributed by atoms with Gasteiger partial charge in [-0.05, 0) is 25.2 Å². The molecule has 0 aromatic carbocycles. The maximum atomic E-state index is 12.0. The van der Waals surface area contributed by atoms with Crippen molar-refractivity contribution in [2.24, 2.45) is 11.8 Å². The Morgan fingerprint density at radius 1 is 1.16 bits per heavy atom. The molecule has 2 rings (SSSR count). The first-order valence-corrected chi connectivity index (χ1v) is 7.75. The summed E-state index contributed by atoms with van der Waals surface area (Å²) in [4.78, 5) is 16.6. The summed E-state index contributed by atoms with van der Waals surface area (Å²) in [7, 11) is 0. The third-order valence-corrected chi connectivity index (χ3v) is 4.27. The molecule has 0 bridgehead atoms. The first-order chi connectivity index (χ1) is 9.16. The summed E-state index contributed by atoms with van der Waals surface area (Å²) in [6, 6.07) is 0. The van der Waals surface area contributed by atoms with Gasteiger partial charge in [-0.1, -0.05) is 13.8 Å². The van der Waals surface area contributed by atoms with Crippen LogP contribution in [0.5, 0.6) is 0 Å². The molecule has 0 radical (unpaired) electrons. The predicted molar refractivity (Wildman–Crippen MR) is 76.0 cm³/mol. The minimum absolute atomic E-state index is 0.135. The molecule has 1 unspecified atom stereocenters. The molecule has 2 aliphatic rings. The summed E-state index contributed by atoms with van der Waals surface area (Å²) in [6.45, 7) is 11.0. The lowest BCUT2D eigenvalue weighted by Crippen LogP contribution is -2.39. The number of hydrogen-bond donors (Lipinski definition) is 0. The van der Waals surface area contributed by atoms with Gasteiger partial charge in [-0.2, -0.15) is 0 Å². The third-order valence-electron chi connectivity index (χ3n) is 4.27. The monoisotopic (exact) mass is 268 g/mol. The molecule has 4 heteroatoms. The smallest absolute Gasteiger partial charge is 0.225 e. The molecular weight excluding hydrogens is 240 g/mol. The molecule has 0 spiro atoms. The van der Waals surface area contributed by atoms with Crippen molar-refractivity contribution in [1.29, 1.82) is 0 Å². The highest BCUT2D eigenvalue weighted by Gasteiger charge is 2.23. The second-order valence-electron chi connectivity index (χ2n) is 6.19. The van der Waals surface area contributed by atoms with Crippen molar-refractivity contribution in [1.82, 2.24) is 9.80 Å². The molecule has 0 aromatic rings. The summed E-state index contributed by atoms with van der Waals surface area (Å²) < 4.78 is 5.39. The second-order valence-corrected chi connectivity index (χ2v) is 6.19. The molecule has 0 aromatic heterocycles. The lowest BCUT2D eigenvalue weighted by atomic mass is 10.00. The fraction of sp³-hybridized carbons (Fsp3) is 0.933. The van der Waals surface area contributed by atoms with E-state index < -0.39 is 0 Å². The molecule has 19 heavy (non-hydrogen) atoms. The van der Waals surface area contributed by atoms with Crippen LogP contribution in [0.4, 0.5) is 0 Å². The van der Waals surface area contributed by atoms with Crippen LogP contribution >= 0.6 is 0 Å². The maximum Gasteiger partial charge on any atom is 0.225 e. The van der Waals surface area contributed by atoms with E-state index in [2.05, 4.69) is 9.80 Å². The standard InChI is InChI=1S/C15H28N2O2/c1-13(2)15(18)17-6-3-4-14(5-7-17)12-16-8-10-19-11-9-16/h13-14H,3-12H2,1-2H3. The fourth-order valence-electron chi connectivity index (χ4n) is 3.08. The van der Waals surface area contributed by atoms with Gasteiger partial charge in [0.15, 0.2) is 0 Å². The van der Waals surface area contributed by atoms with E-state index in [9.17, 15) is 4.79 Å². The van der Waals surface area contributed by atoms with Crippen molar-refractivity contribution in [3.63, 3.8) is 0 Å². The molecule has 4 nitrogen and oxygen atoms in total. The minimum Gasteiger partial charge on any atom is -0.379 e. The Morgan fingerprint density at radius 2 is 1.89 bits per heavy atom. The molecule has 2 saturated heterocycles. The Bertz CT molecular complexity index is 288. The van der Waals surface area contributed by atoms with Gasteiger partial charge in [-0.15, -0.1) is 0 Å². The number of morpholine rings is 1. The summed E-state index contributed by atoms with van der Waals surface area (Å²) in [5.41, 5.74) is 0. The molecular formula is C15H28N2O2. The summed E-state index contributed by atoms with van der Waals surface area (Å²) in [5, 5.41) is 0. The average Bonchev–Trinajstić information content (AvgIpc) is 2.64. The van der Waals surface area contributed by atoms with Crippen molar-refractivity contribution in [3.8, 4) is 0 Å². The van der Waals surface area contributed by atoms with Crippen LogP contribution in [-0.2, 0) is 9.53 Å². The molecule has 2 aliphatic heterocycles. The number of amides is 1. The van der Waals surface area contributed by atoms with Gasteiger partial charge >= 0.3 is 0 Å². The van der Waals surface area contributed by atoms with E-state index in [1.54, 1.807) is 0 Å². The summed E-state index contributed by atoms with van der Waals surface area (Å²) >= 11 is 0. The molecule has 2 fully saturated rings. The summed E-state index contributed by atoms with van der Waals surface area (Å²) in [5.74, 6) is 1.21. The van der Waals surface area contributed by atoms with Gasteiger partial charge in [0.05, 0.1) is 13.2 Å². The minimum atomic E-state index is 0.135. The first-order valence-electron chi connectivity index (χ1n) is 7.75. The highest BCUT2D eigenvalue weighted by molar-refractivity contribution is 5.78. The Hall–Kier alpha value is -0.610. The van der Waals surface area contributed by atoms with E-state index in [1.165, 1.54) is 13.0 Å². The molecule has 2 heterocycles. The number of nitrogens with zero attached hydrogens (tertiary/aromatic N) is 2. The average molecular weight is 268 g/mol. The van der Waals surface area contributed by atoms with Crippen LogP contribution in [0.25, 0.3) is 0 Å². The van der Waals surface area contributed by atoms with Crippen LogP contribution in [0, 0.1) is 11.8 Å². The van der Waals surface area contributed by atoms with E-state index in [4.69, 9.17) is 4.74 Å². The lowest BCUT2D eigenvalue weighted by Gasteiger charge is -2.30. The van der Waals surface area contributed by atoms with Crippen LogP contribution in [0.15, 0.2) is 0 Å². The first kappa shape index (κ1) is 14.8. The normalized spacial score (nSPS) is 26.5. The fourth-order valence-corrected chi connectivity index (χ4v) is 3.08. The van der Waals surface area contributed by atoms with Crippen LogP contribution in [0.1, 0.15) is 33.1 Å². The van der Waals surface area contributed by atoms with Gasteiger partial charge in [0.2, 0.25) is 5.91 Å². The Morgan fingerprint density at radius 3 is 2.58 bits per heavy atom. The zero-order chi connectivity index (χ0) is 13.7. The topological polar surface area (TPSA) is 32.8 Å². The second kappa shape index (κ2) is 7.25. The van der Waals surface area contributed by atoms with Crippen molar-refractivity contribution in [2.45, 2.75) is 33.1 Å². The quantitative estimate of drug-likeness (QED) is 0.779. The molecule has 110 valence electrons. The van der Waals surface area contributed by atoms with Gasteiger partial charge in [0.25, 0.3) is 0 Å². The van der Waals surface area contributed by atoms with E-state index >= 15 is 0 Å². The van der Waals surface area contributed by atoms with Crippen LogP contribution < -0.4 is 0 Å². The number of carbonyl (C=O) groups is 1. The Balaban J connectivity index is 1.77. The van der Waals surface area contributed by atoms with Crippen molar-refractivity contribution in [3.05, 3.63) is 0 Å². The highest BCUT2D eigenvalue weighted by Crippen LogP contribution is 2.20. The molecule has 1 amide bonds.